The molecule has 0 heterocycles. The molecule has 0 aromatic heterocycles. The minimum Gasteiger partial charge on any atom is -0.343 e. The van der Waals surface area contributed by atoms with Gasteiger partial charge in [0.2, 0.25) is 11.8 Å². The number of nitrogens with two attached hydrogens (primary N) is 4. The van der Waals surface area contributed by atoms with Gasteiger partial charge in [-0.2, -0.15) is 0 Å². The summed E-state index contributed by atoms with van der Waals surface area (Å²) in [6.45, 7) is 0.833. The van der Waals surface area contributed by atoms with Gasteiger partial charge in [-0.1, -0.05) is 30.3 Å². The van der Waals surface area contributed by atoms with Gasteiger partial charge in [-0.05, 0) is 75.7 Å². The lowest BCUT2D eigenvalue weighted by Crippen LogP contribution is -2.50. The maximum atomic E-state index is 14.1. The fourth-order valence-electron chi connectivity index (χ4n) is 4.10. The Morgan fingerprint density at radius 3 is 1.95 bits per heavy atom. The molecule has 2 atom stereocenters. The van der Waals surface area contributed by atoms with Gasteiger partial charge in [-0.15, -0.1) is 49.6 Å². The highest BCUT2D eigenvalue weighted by Gasteiger charge is 2.27. The number of aryl methyl sites for hydroxylation is 1. The minimum atomic E-state index is -1.70. The molecule has 2 aromatic carbocycles. The van der Waals surface area contributed by atoms with E-state index in [-0.39, 0.29) is 56.0 Å². The van der Waals surface area contributed by atoms with Gasteiger partial charge in [0.1, 0.15) is 6.04 Å². The number of amides is 2. The average Bonchev–Trinajstić information content (AvgIpc) is 2.87. The maximum Gasteiger partial charge on any atom is 0.247 e. The van der Waals surface area contributed by atoms with E-state index in [0.29, 0.717) is 57.7 Å². The molecule has 2 aromatic rings. The molecule has 10 N–H and O–H groups in total. The summed E-state index contributed by atoms with van der Waals surface area (Å²) in [6, 6.07) is 8.83. The van der Waals surface area contributed by atoms with Crippen molar-refractivity contribution in [3.63, 3.8) is 0 Å². The molecule has 0 aliphatic carbocycles. The van der Waals surface area contributed by atoms with E-state index in [1.165, 1.54) is 0 Å². The molecule has 236 valence electrons. The SMILES string of the molecule is Cl.Cl.Cl.Cl.NCCC(N)(CCN)CCC[C@H](N)C(=O)N[C@@H](CCc1ccccc1)C(=O)Nc1ccc(F)c(F)c1F. The van der Waals surface area contributed by atoms with Crippen molar-refractivity contribution in [2.75, 3.05) is 18.4 Å². The van der Waals surface area contributed by atoms with Crippen LogP contribution >= 0.6 is 49.6 Å². The lowest BCUT2D eigenvalue weighted by atomic mass is 9.86. The van der Waals surface area contributed by atoms with E-state index in [0.717, 1.165) is 11.6 Å². The first-order valence-corrected chi connectivity index (χ1v) is 12.3. The van der Waals surface area contributed by atoms with Crippen molar-refractivity contribution >= 4 is 67.1 Å². The molecule has 0 aliphatic rings. The number of halogens is 7. The summed E-state index contributed by atoms with van der Waals surface area (Å²) >= 11 is 0. The fourth-order valence-corrected chi connectivity index (χ4v) is 4.10. The zero-order chi connectivity index (χ0) is 27.4. The summed E-state index contributed by atoms with van der Waals surface area (Å²) in [5.41, 5.74) is 23.6. The number of anilines is 1. The molecule has 0 spiro atoms. The van der Waals surface area contributed by atoms with E-state index in [9.17, 15) is 22.8 Å². The van der Waals surface area contributed by atoms with Gasteiger partial charge in [0.25, 0.3) is 0 Å². The van der Waals surface area contributed by atoms with E-state index >= 15 is 0 Å². The highest BCUT2D eigenvalue weighted by atomic mass is 35.5. The van der Waals surface area contributed by atoms with Crippen LogP contribution in [0.3, 0.4) is 0 Å². The van der Waals surface area contributed by atoms with Crippen LogP contribution in [0.5, 0.6) is 0 Å². The van der Waals surface area contributed by atoms with Crippen LogP contribution in [0.1, 0.15) is 44.1 Å². The van der Waals surface area contributed by atoms with Gasteiger partial charge >= 0.3 is 0 Å². The topological polar surface area (TPSA) is 162 Å². The van der Waals surface area contributed by atoms with Crippen LogP contribution in [0, 0.1) is 17.5 Å². The average molecular weight is 668 g/mol. The molecule has 0 saturated heterocycles. The van der Waals surface area contributed by atoms with Crippen molar-refractivity contribution in [3.05, 3.63) is 65.5 Å². The Hall–Kier alpha value is -1.83. The molecule has 15 heteroatoms. The van der Waals surface area contributed by atoms with Crippen molar-refractivity contribution in [2.24, 2.45) is 22.9 Å². The molecule has 0 unspecified atom stereocenters. The van der Waals surface area contributed by atoms with Crippen LogP contribution in [-0.2, 0) is 16.0 Å². The molecule has 8 nitrogen and oxygen atoms in total. The molecule has 41 heavy (non-hydrogen) atoms. The lowest BCUT2D eigenvalue weighted by Gasteiger charge is -2.29. The number of rotatable bonds is 15. The van der Waals surface area contributed by atoms with Crippen molar-refractivity contribution in [1.82, 2.24) is 5.32 Å². The van der Waals surface area contributed by atoms with Crippen LogP contribution in [-0.4, -0.2) is 42.5 Å². The van der Waals surface area contributed by atoms with E-state index in [4.69, 9.17) is 22.9 Å². The van der Waals surface area contributed by atoms with Crippen LogP contribution in [0.2, 0.25) is 0 Å². The summed E-state index contributed by atoms with van der Waals surface area (Å²) in [4.78, 5) is 25.8. The minimum absolute atomic E-state index is 0. The van der Waals surface area contributed by atoms with Crippen molar-refractivity contribution in [2.45, 2.75) is 62.6 Å². The van der Waals surface area contributed by atoms with Gasteiger partial charge in [0.05, 0.1) is 11.7 Å². The zero-order valence-electron chi connectivity index (χ0n) is 22.5. The normalized spacial score (nSPS) is 11.9. The molecule has 0 fully saturated rings. The van der Waals surface area contributed by atoms with Gasteiger partial charge in [-0.3, -0.25) is 9.59 Å². The Labute approximate surface area is 263 Å². The van der Waals surface area contributed by atoms with E-state index in [1.807, 2.05) is 30.3 Å². The highest BCUT2D eigenvalue weighted by Crippen LogP contribution is 2.21. The quantitative estimate of drug-likeness (QED) is 0.159. The Bertz CT molecular complexity index is 1040. The monoisotopic (exact) mass is 666 g/mol. The van der Waals surface area contributed by atoms with E-state index in [1.54, 1.807) is 0 Å². The van der Waals surface area contributed by atoms with Gasteiger partial charge in [-0.25, -0.2) is 13.2 Å². The first-order valence-electron chi connectivity index (χ1n) is 12.3. The molecule has 2 amide bonds. The number of carbonyl (C=O) groups is 2. The molecule has 0 radical (unpaired) electrons. The number of benzene rings is 2. The molecule has 0 bridgehead atoms. The third-order valence-electron chi connectivity index (χ3n) is 6.30. The fraction of sp³-hybridized carbons (Fsp3) is 0.462. The third-order valence-corrected chi connectivity index (χ3v) is 6.30. The predicted octanol–water partition coefficient (Wildman–Crippen LogP) is 3.74. The summed E-state index contributed by atoms with van der Waals surface area (Å²) in [5, 5.41) is 4.85. The molecular weight excluding hydrogens is 627 g/mol. The second-order valence-electron chi connectivity index (χ2n) is 9.24. The molecule has 0 aliphatic heterocycles. The van der Waals surface area contributed by atoms with Crippen molar-refractivity contribution in [3.8, 4) is 0 Å². The largest absolute Gasteiger partial charge is 0.343 e. The van der Waals surface area contributed by atoms with Crippen molar-refractivity contribution in [1.29, 1.82) is 0 Å². The summed E-state index contributed by atoms with van der Waals surface area (Å²) < 4.78 is 41.0. The van der Waals surface area contributed by atoms with Crippen LogP contribution in [0.25, 0.3) is 0 Å². The highest BCUT2D eigenvalue weighted by molar-refractivity contribution is 5.98. The molecule has 2 rings (SSSR count). The van der Waals surface area contributed by atoms with Gasteiger partial charge in [0.15, 0.2) is 17.5 Å². The van der Waals surface area contributed by atoms with E-state index in [2.05, 4.69) is 10.6 Å². The van der Waals surface area contributed by atoms with Crippen molar-refractivity contribution < 1.29 is 22.8 Å². The smallest absolute Gasteiger partial charge is 0.247 e. The van der Waals surface area contributed by atoms with Crippen LogP contribution in [0.4, 0.5) is 18.9 Å². The predicted molar refractivity (Wildman–Crippen MR) is 167 cm³/mol. The number of carbonyl (C=O) groups excluding carboxylic acids is 2. The Morgan fingerprint density at radius 2 is 1.39 bits per heavy atom. The van der Waals surface area contributed by atoms with Crippen LogP contribution < -0.4 is 33.6 Å². The summed E-state index contributed by atoms with van der Waals surface area (Å²) in [7, 11) is 0. The van der Waals surface area contributed by atoms with E-state index < -0.39 is 52.6 Å². The van der Waals surface area contributed by atoms with Gasteiger partial charge in [0, 0.05) is 5.54 Å². The third kappa shape index (κ3) is 14.3. The second kappa shape index (κ2) is 21.8. The first-order chi connectivity index (χ1) is 17.6. The number of hydrogen-bond acceptors (Lipinski definition) is 6. The number of hydrogen-bond donors (Lipinski definition) is 6. The molecule has 0 saturated carbocycles. The number of nitrogens with one attached hydrogen (secondary N) is 2. The first kappa shape index (κ1) is 43.6. The Morgan fingerprint density at radius 1 is 0.805 bits per heavy atom. The lowest BCUT2D eigenvalue weighted by molar-refractivity contribution is -0.127. The maximum absolute atomic E-state index is 14.1. The standard InChI is InChI=1S/C26H37F3N6O2.4ClH/c27-18-9-11-20(23(29)22(18)28)34-25(37)21(10-8-17-5-2-1-3-6-17)35-24(36)19(32)7-4-12-26(33,13-15-30)14-16-31;;;;/h1-3,5-6,9,11,19,21H,4,7-8,10,12-16,30-33H2,(H,34,37)(H,35,36);4*1H/t19-,21-;;;;/m0..../s1. The zero-order valence-corrected chi connectivity index (χ0v) is 25.7. The summed E-state index contributed by atoms with van der Waals surface area (Å²) in [6.07, 6.45) is 3.20. The Balaban J connectivity index is -0.00000361. The van der Waals surface area contributed by atoms with Gasteiger partial charge < -0.3 is 33.6 Å². The second-order valence-corrected chi connectivity index (χ2v) is 9.24. The van der Waals surface area contributed by atoms with Crippen LogP contribution in [0.15, 0.2) is 42.5 Å². The molecular formula is C26H41Cl4F3N6O2. The Kier molecular flexibility index (Phi) is 23.2. The summed E-state index contributed by atoms with van der Waals surface area (Å²) in [5.74, 6) is -5.97.